The van der Waals surface area contributed by atoms with E-state index in [2.05, 4.69) is 20.0 Å². The van der Waals surface area contributed by atoms with Crippen molar-refractivity contribution in [3.63, 3.8) is 0 Å². The van der Waals surface area contributed by atoms with Gasteiger partial charge in [0, 0.05) is 29.5 Å². The molecule has 2 heterocycles. The number of rotatable bonds is 4. The van der Waals surface area contributed by atoms with Gasteiger partial charge in [-0.3, -0.25) is 14.5 Å². The summed E-state index contributed by atoms with van der Waals surface area (Å²) in [5.41, 5.74) is 1.95. The summed E-state index contributed by atoms with van der Waals surface area (Å²) in [6.45, 7) is 0. The van der Waals surface area contributed by atoms with Gasteiger partial charge in [-0.2, -0.15) is 0 Å². The van der Waals surface area contributed by atoms with Crippen LogP contribution in [0.2, 0.25) is 5.02 Å². The molecule has 0 fully saturated rings. The third kappa shape index (κ3) is 4.10. The number of anilines is 2. The maximum absolute atomic E-state index is 13.6. The van der Waals surface area contributed by atoms with Crippen LogP contribution in [0.15, 0.2) is 60.9 Å². The summed E-state index contributed by atoms with van der Waals surface area (Å²) >= 11 is 5.96. The van der Waals surface area contributed by atoms with Gasteiger partial charge in [-0.25, -0.2) is 19.2 Å². The molecular formula is C22H17ClFN5O3. The summed E-state index contributed by atoms with van der Waals surface area (Å²) in [6, 6.07) is 12.4. The molecule has 0 bridgehead atoms. The van der Waals surface area contributed by atoms with Gasteiger partial charge in [0.1, 0.15) is 17.2 Å². The van der Waals surface area contributed by atoms with Crippen molar-refractivity contribution in [3.05, 3.63) is 77.5 Å². The van der Waals surface area contributed by atoms with E-state index in [0.29, 0.717) is 27.7 Å². The van der Waals surface area contributed by atoms with Crippen LogP contribution in [0, 0.1) is 5.82 Å². The Kier molecular flexibility index (Phi) is 5.74. The molecule has 0 saturated heterocycles. The zero-order chi connectivity index (χ0) is 22.8. The fourth-order valence-corrected chi connectivity index (χ4v) is 3.25. The van der Waals surface area contributed by atoms with Gasteiger partial charge in [0.2, 0.25) is 5.78 Å². The standard InChI is InChI=1S/C22H17ClFN5O3/c1-28(17-9-5-14(23)6-10-17)20(30)19-18(13-3-7-15(24)8-4-13)27-21-25-11-16(12-29(19)21)26-22(31)32-2/h3-12H,1-2H3,(H,26,31). The van der Waals surface area contributed by atoms with Crippen molar-refractivity contribution >= 4 is 40.8 Å². The topological polar surface area (TPSA) is 88.8 Å². The number of hydrogen-bond acceptors (Lipinski definition) is 5. The fraction of sp³-hybridized carbons (Fsp3) is 0.0909. The molecule has 0 aliphatic carbocycles. The van der Waals surface area contributed by atoms with Crippen LogP contribution in [0.1, 0.15) is 10.5 Å². The van der Waals surface area contributed by atoms with Gasteiger partial charge in [0.25, 0.3) is 5.91 Å². The van der Waals surface area contributed by atoms with E-state index in [-0.39, 0.29) is 11.5 Å². The second-order valence-electron chi connectivity index (χ2n) is 6.79. The van der Waals surface area contributed by atoms with E-state index >= 15 is 0 Å². The third-order valence-corrected chi connectivity index (χ3v) is 5.00. The van der Waals surface area contributed by atoms with Crippen molar-refractivity contribution in [1.29, 1.82) is 0 Å². The lowest BCUT2D eigenvalue weighted by molar-refractivity contribution is 0.0988. The normalized spacial score (nSPS) is 10.8. The number of fused-ring (bicyclic) bond motifs is 1. The monoisotopic (exact) mass is 453 g/mol. The first-order chi connectivity index (χ1) is 15.4. The molecule has 1 N–H and O–H groups in total. The summed E-state index contributed by atoms with van der Waals surface area (Å²) < 4.78 is 19.6. The van der Waals surface area contributed by atoms with Crippen LogP contribution in [-0.4, -0.2) is 40.5 Å². The number of aromatic nitrogens is 3. The summed E-state index contributed by atoms with van der Waals surface area (Å²) in [4.78, 5) is 35.3. The first-order valence-electron chi connectivity index (χ1n) is 9.40. The van der Waals surface area contributed by atoms with Crippen molar-refractivity contribution in [2.24, 2.45) is 0 Å². The van der Waals surface area contributed by atoms with E-state index in [1.807, 2.05) is 0 Å². The SMILES string of the molecule is COC(=O)Nc1cnc2nc(-c3ccc(F)cc3)c(C(=O)N(C)c3ccc(Cl)cc3)n2c1. The number of nitrogens with zero attached hydrogens (tertiary/aromatic N) is 4. The number of amides is 2. The molecule has 0 atom stereocenters. The maximum Gasteiger partial charge on any atom is 0.411 e. The first-order valence-corrected chi connectivity index (χ1v) is 9.78. The number of halogens is 2. The summed E-state index contributed by atoms with van der Waals surface area (Å²) in [6.07, 6.45) is 2.23. The molecule has 0 aliphatic rings. The Bertz CT molecular complexity index is 1310. The number of carbonyl (C=O) groups is 2. The molecule has 10 heteroatoms. The molecule has 0 radical (unpaired) electrons. The Balaban J connectivity index is 1.87. The minimum atomic E-state index is -0.684. The largest absolute Gasteiger partial charge is 0.453 e. The molecule has 4 aromatic rings. The summed E-state index contributed by atoms with van der Waals surface area (Å²) in [5.74, 6) is -0.574. The maximum atomic E-state index is 13.6. The van der Waals surface area contributed by atoms with Crippen LogP contribution < -0.4 is 10.2 Å². The van der Waals surface area contributed by atoms with Crippen LogP contribution in [0.3, 0.4) is 0 Å². The molecule has 4 rings (SSSR count). The van der Waals surface area contributed by atoms with E-state index in [4.69, 9.17) is 11.6 Å². The van der Waals surface area contributed by atoms with Gasteiger partial charge >= 0.3 is 6.09 Å². The highest BCUT2D eigenvalue weighted by atomic mass is 35.5. The minimum absolute atomic E-state index is 0.185. The zero-order valence-electron chi connectivity index (χ0n) is 17.0. The smallest absolute Gasteiger partial charge is 0.411 e. The molecule has 0 spiro atoms. The highest BCUT2D eigenvalue weighted by Gasteiger charge is 2.25. The number of imidazole rings is 1. The molecule has 2 amide bonds. The van der Waals surface area contributed by atoms with E-state index < -0.39 is 17.8 Å². The molecule has 162 valence electrons. The second-order valence-corrected chi connectivity index (χ2v) is 7.22. The first kappa shape index (κ1) is 21.3. The minimum Gasteiger partial charge on any atom is -0.453 e. The predicted molar refractivity (Wildman–Crippen MR) is 119 cm³/mol. The van der Waals surface area contributed by atoms with Gasteiger partial charge in [-0.1, -0.05) is 11.6 Å². The van der Waals surface area contributed by atoms with Gasteiger partial charge in [-0.15, -0.1) is 0 Å². The zero-order valence-corrected chi connectivity index (χ0v) is 17.8. The number of benzene rings is 2. The Hall–Kier alpha value is -3.98. The van der Waals surface area contributed by atoms with Crippen LogP contribution >= 0.6 is 11.6 Å². The van der Waals surface area contributed by atoms with Crippen LogP contribution in [0.5, 0.6) is 0 Å². The molecule has 0 unspecified atom stereocenters. The lowest BCUT2D eigenvalue weighted by atomic mass is 10.1. The molecular weight excluding hydrogens is 437 g/mol. The lowest BCUT2D eigenvalue weighted by Gasteiger charge is -2.18. The van der Waals surface area contributed by atoms with E-state index in [0.717, 1.165) is 0 Å². The van der Waals surface area contributed by atoms with Crippen molar-refractivity contribution in [2.45, 2.75) is 0 Å². The van der Waals surface area contributed by atoms with E-state index in [1.165, 1.54) is 53.1 Å². The second kappa shape index (κ2) is 8.64. The molecule has 0 saturated carbocycles. The molecule has 2 aromatic heterocycles. The Morgan fingerprint density at radius 1 is 1.12 bits per heavy atom. The Labute approximate surface area is 187 Å². The van der Waals surface area contributed by atoms with Crippen molar-refractivity contribution < 1.29 is 18.7 Å². The highest BCUT2D eigenvalue weighted by molar-refractivity contribution is 6.30. The van der Waals surface area contributed by atoms with Crippen molar-refractivity contribution in [2.75, 3.05) is 24.4 Å². The number of ether oxygens (including phenoxy) is 1. The summed E-state index contributed by atoms with van der Waals surface area (Å²) in [7, 11) is 2.85. The Morgan fingerprint density at radius 2 is 1.81 bits per heavy atom. The van der Waals surface area contributed by atoms with Crippen molar-refractivity contribution in [1.82, 2.24) is 14.4 Å². The molecule has 2 aromatic carbocycles. The molecule has 8 nitrogen and oxygen atoms in total. The van der Waals surface area contributed by atoms with E-state index in [9.17, 15) is 14.0 Å². The molecule has 0 aliphatic heterocycles. The van der Waals surface area contributed by atoms with Crippen LogP contribution in [0.4, 0.5) is 20.6 Å². The van der Waals surface area contributed by atoms with E-state index in [1.54, 1.807) is 31.3 Å². The quantitative estimate of drug-likeness (QED) is 0.486. The predicted octanol–water partition coefficient (Wildman–Crippen LogP) is 4.64. The van der Waals surface area contributed by atoms with Gasteiger partial charge in [0.05, 0.1) is 19.0 Å². The Morgan fingerprint density at radius 3 is 2.47 bits per heavy atom. The summed E-state index contributed by atoms with van der Waals surface area (Å²) in [5, 5.41) is 3.05. The van der Waals surface area contributed by atoms with Crippen molar-refractivity contribution in [3.8, 4) is 11.3 Å². The number of nitrogens with one attached hydrogen (secondary N) is 1. The van der Waals surface area contributed by atoms with Gasteiger partial charge in [0.15, 0.2) is 0 Å². The third-order valence-electron chi connectivity index (χ3n) is 4.75. The number of hydrogen-bond donors (Lipinski definition) is 1. The highest BCUT2D eigenvalue weighted by Crippen LogP contribution is 2.28. The average Bonchev–Trinajstić information content (AvgIpc) is 3.17. The van der Waals surface area contributed by atoms with Crippen LogP contribution in [-0.2, 0) is 4.74 Å². The average molecular weight is 454 g/mol. The fourth-order valence-electron chi connectivity index (χ4n) is 3.12. The van der Waals surface area contributed by atoms with Gasteiger partial charge < -0.3 is 9.64 Å². The number of carbonyl (C=O) groups excluding carboxylic acids is 2. The lowest BCUT2D eigenvalue weighted by Crippen LogP contribution is -2.28. The number of methoxy groups -OCH3 is 1. The molecule has 32 heavy (non-hydrogen) atoms. The van der Waals surface area contributed by atoms with Crippen LogP contribution in [0.25, 0.3) is 17.0 Å². The van der Waals surface area contributed by atoms with Gasteiger partial charge in [-0.05, 0) is 48.5 Å².